The number of rotatable bonds is 2. The van der Waals surface area contributed by atoms with E-state index in [4.69, 9.17) is 5.84 Å². The topological polar surface area (TPSA) is 50.9 Å². The van der Waals surface area contributed by atoms with Gasteiger partial charge in [-0.05, 0) is 53.4 Å². The summed E-state index contributed by atoms with van der Waals surface area (Å²) in [5.41, 5.74) is 6.04. The maximum atomic E-state index is 13.8. The van der Waals surface area contributed by atoms with Gasteiger partial charge in [-0.2, -0.15) is 0 Å². The molecule has 0 spiro atoms. The third-order valence-corrected chi connectivity index (χ3v) is 4.11. The first-order valence-electron chi connectivity index (χ1n) is 5.87. The van der Waals surface area contributed by atoms with E-state index < -0.39 is 0 Å². The van der Waals surface area contributed by atoms with Gasteiger partial charge in [0.05, 0.1) is 15.7 Å². The number of anilines is 1. The molecule has 1 aliphatic rings. The van der Waals surface area contributed by atoms with Gasteiger partial charge in [0, 0.05) is 17.0 Å². The van der Waals surface area contributed by atoms with Crippen LogP contribution in [0.15, 0.2) is 16.6 Å². The Morgan fingerprint density at radius 3 is 2.78 bits per heavy atom. The monoisotopic (exact) mass is 309 g/mol. The Balaban J connectivity index is 2.38. The minimum absolute atomic E-state index is 0.294. The lowest BCUT2D eigenvalue weighted by Crippen LogP contribution is -2.09. The molecule has 0 radical (unpaired) electrons. The van der Waals surface area contributed by atoms with Gasteiger partial charge in [0.15, 0.2) is 0 Å². The van der Waals surface area contributed by atoms with E-state index in [1.54, 1.807) is 0 Å². The molecule has 1 heterocycles. The SMILES string of the molecule is Cc1cc(F)c(Br)c2c(NN)cc(C3CC3)nc12. The summed E-state index contributed by atoms with van der Waals surface area (Å²) in [7, 11) is 0. The molecule has 3 rings (SSSR count). The molecule has 1 fully saturated rings. The third-order valence-electron chi connectivity index (χ3n) is 3.34. The summed E-state index contributed by atoms with van der Waals surface area (Å²) in [6.45, 7) is 1.86. The number of nitrogens with two attached hydrogens (primary N) is 1. The molecular weight excluding hydrogens is 297 g/mol. The molecule has 1 aliphatic carbocycles. The molecule has 5 heteroatoms. The van der Waals surface area contributed by atoms with Crippen LogP contribution in [0, 0.1) is 12.7 Å². The fraction of sp³-hybridized carbons (Fsp3) is 0.308. The van der Waals surface area contributed by atoms with Crippen molar-refractivity contribution in [2.45, 2.75) is 25.7 Å². The molecule has 18 heavy (non-hydrogen) atoms. The second-order valence-corrected chi connectivity index (χ2v) is 5.52. The molecule has 1 saturated carbocycles. The van der Waals surface area contributed by atoms with Crippen molar-refractivity contribution in [3.63, 3.8) is 0 Å². The molecule has 0 aliphatic heterocycles. The molecule has 0 amide bonds. The Bertz CT molecular complexity index is 638. The second-order valence-electron chi connectivity index (χ2n) is 4.73. The quantitative estimate of drug-likeness (QED) is 0.658. The Morgan fingerprint density at radius 2 is 2.17 bits per heavy atom. The zero-order chi connectivity index (χ0) is 12.9. The van der Waals surface area contributed by atoms with Crippen LogP contribution in [0.4, 0.5) is 10.1 Å². The highest BCUT2D eigenvalue weighted by molar-refractivity contribution is 9.10. The van der Waals surface area contributed by atoms with Gasteiger partial charge in [0.1, 0.15) is 5.82 Å². The number of hydrogen-bond acceptors (Lipinski definition) is 3. The molecular formula is C13H13BrFN3. The zero-order valence-corrected chi connectivity index (χ0v) is 11.5. The van der Waals surface area contributed by atoms with E-state index in [1.165, 1.54) is 18.9 Å². The fourth-order valence-corrected chi connectivity index (χ4v) is 2.73. The van der Waals surface area contributed by atoms with Crippen molar-refractivity contribution in [3.05, 3.63) is 33.7 Å². The number of fused-ring (bicyclic) bond motifs is 1. The molecule has 0 unspecified atom stereocenters. The van der Waals surface area contributed by atoms with Gasteiger partial charge in [-0.1, -0.05) is 0 Å². The van der Waals surface area contributed by atoms with Crippen LogP contribution in [-0.2, 0) is 0 Å². The van der Waals surface area contributed by atoms with E-state index in [1.807, 2.05) is 13.0 Å². The van der Waals surface area contributed by atoms with Crippen LogP contribution in [0.3, 0.4) is 0 Å². The van der Waals surface area contributed by atoms with Crippen LogP contribution in [0.25, 0.3) is 10.9 Å². The number of nitrogen functional groups attached to an aromatic ring is 1. The lowest BCUT2D eigenvalue weighted by molar-refractivity contribution is 0.622. The normalized spacial score (nSPS) is 15.1. The van der Waals surface area contributed by atoms with E-state index >= 15 is 0 Å². The van der Waals surface area contributed by atoms with Crippen molar-refractivity contribution in [1.29, 1.82) is 0 Å². The Labute approximate surface area is 113 Å². The van der Waals surface area contributed by atoms with Crippen molar-refractivity contribution in [1.82, 2.24) is 4.98 Å². The fourth-order valence-electron chi connectivity index (χ4n) is 2.22. The lowest BCUT2D eigenvalue weighted by atomic mass is 10.1. The summed E-state index contributed by atoms with van der Waals surface area (Å²) in [5.74, 6) is 5.79. The summed E-state index contributed by atoms with van der Waals surface area (Å²) in [6, 6.07) is 3.42. The Hall–Kier alpha value is -1.20. The van der Waals surface area contributed by atoms with Crippen molar-refractivity contribution < 1.29 is 4.39 Å². The Morgan fingerprint density at radius 1 is 1.44 bits per heavy atom. The van der Waals surface area contributed by atoms with Gasteiger partial charge < -0.3 is 5.43 Å². The van der Waals surface area contributed by atoms with Crippen LogP contribution in [0.5, 0.6) is 0 Å². The van der Waals surface area contributed by atoms with Crippen molar-refractivity contribution in [2.24, 2.45) is 5.84 Å². The van der Waals surface area contributed by atoms with Gasteiger partial charge in [0.2, 0.25) is 0 Å². The van der Waals surface area contributed by atoms with Crippen molar-refractivity contribution in [2.75, 3.05) is 5.43 Å². The standard InChI is InChI=1S/C13H13BrFN3/c1-6-4-8(15)12(14)11-10(18-16)5-9(7-2-3-7)17-13(6)11/h4-5,7H,2-3,16H2,1H3,(H,17,18). The molecule has 0 bridgehead atoms. The number of halogens is 2. The second kappa shape index (κ2) is 4.17. The average molecular weight is 310 g/mol. The molecule has 3 N–H and O–H groups in total. The number of pyridine rings is 1. The van der Waals surface area contributed by atoms with Crippen LogP contribution >= 0.6 is 15.9 Å². The number of nitrogens with one attached hydrogen (secondary N) is 1. The highest BCUT2D eigenvalue weighted by Gasteiger charge is 2.26. The van der Waals surface area contributed by atoms with Crippen molar-refractivity contribution in [3.8, 4) is 0 Å². The van der Waals surface area contributed by atoms with E-state index in [-0.39, 0.29) is 5.82 Å². The van der Waals surface area contributed by atoms with E-state index in [9.17, 15) is 4.39 Å². The number of benzene rings is 1. The minimum atomic E-state index is -0.294. The van der Waals surface area contributed by atoms with Gasteiger partial charge >= 0.3 is 0 Å². The number of hydrazine groups is 1. The van der Waals surface area contributed by atoms with Crippen molar-refractivity contribution >= 4 is 32.5 Å². The number of aryl methyl sites for hydroxylation is 1. The number of nitrogens with zero attached hydrogens (tertiary/aromatic N) is 1. The van der Waals surface area contributed by atoms with E-state index in [2.05, 4.69) is 26.3 Å². The van der Waals surface area contributed by atoms with E-state index in [0.717, 1.165) is 22.5 Å². The number of aromatic nitrogens is 1. The van der Waals surface area contributed by atoms with Crippen LogP contribution in [-0.4, -0.2) is 4.98 Å². The molecule has 1 aromatic heterocycles. The van der Waals surface area contributed by atoms with E-state index in [0.29, 0.717) is 15.8 Å². The summed E-state index contributed by atoms with van der Waals surface area (Å²) in [5, 5.41) is 0.708. The third kappa shape index (κ3) is 1.78. The maximum absolute atomic E-state index is 13.8. The molecule has 0 atom stereocenters. The molecule has 2 aromatic rings. The summed E-state index contributed by atoms with van der Waals surface area (Å²) in [4.78, 5) is 4.66. The highest BCUT2D eigenvalue weighted by atomic mass is 79.9. The maximum Gasteiger partial charge on any atom is 0.138 e. The average Bonchev–Trinajstić information content (AvgIpc) is 3.18. The highest BCUT2D eigenvalue weighted by Crippen LogP contribution is 2.42. The predicted octanol–water partition coefficient (Wildman–Crippen LogP) is 3.61. The summed E-state index contributed by atoms with van der Waals surface area (Å²) >= 11 is 3.27. The molecule has 94 valence electrons. The molecule has 0 saturated heterocycles. The first kappa shape index (κ1) is 11.9. The smallest absolute Gasteiger partial charge is 0.138 e. The predicted molar refractivity (Wildman–Crippen MR) is 73.9 cm³/mol. The summed E-state index contributed by atoms with van der Waals surface area (Å²) in [6.07, 6.45) is 2.34. The lowest BCUT2D eigenvalue weighted by Gasteiger charge is -2.12. The zero-order valence-electron chi connectivity index (χ0n) is 9.93. The largest absolute Gasteiger partial charge is 0.323 e. The Kier molecular flexibility index (Phi) is 2.75. The number of hydrogen-bond donors (Lipinski definition) is 2. The minimum Gasteiger partial charge on any atom is -0.323 e. The summed E-state index contributed by atoms with van der Waals surface area (Å²) < 4.78 is 14.2. The van der Waals surface area contributed by atoms with Gasteiger partial charge in [0.25, 0.3) is 0 Å². The van der Waals surface area contributed by atoms with Gasteiger partial charge in [-0.3, -0.25) is 10.8 Å². The first-order chi connectivity index (χ1) is 8.61. The van der Waals surface area contributed by atoms with Crippen LogP contribution in [0.2, 0.25) is 0 Å². The van der Waals surface area contributed by atoms with Crippen LogP contribution < -0.4 is 11.3 Å². The van der Waals surface area contributed by atoms with Crippen LogP contribution in [0.1, 0.15) is 30.0 Å². The molecule has 1 aromatic carbocycles. The first-order valence-corrected chi connectivity index (χ1v) is 6.67. The van der Waals surface area contributed by atoms with Gasteiger partial charge in [-0.15, -0.1) is 0 Å². The van der Waals surface area contributed by atoms with Gasteiger partial charge in [-0.25, -0.2) is 4.39 Å². The molecule has 3 nitrogen and oxygen atoms in total.